The molecule has 2 aromatic carbocycles. The number of carbonyl (C=O) groups excluding carboxylic acids is 1. The van der Waals surface area contributed by atoms with E-state index in [1.807, 2.05) is 43.3 Å². The minimum Gasteiger partial charge on any atom is -0.490 e. The molecule has 134 valence electrons. The Morgan fingerprint density at radius 2 is 1.88 bits per heavy atom. The summed E-state index contributed by atoms with van der Waals surface area (Å²) >= 11 is 3.45. The predicted octanol–water partition coefficient (Wildman–Crippen LogP) is 4.51. The highest BCUT2D eigenvalue weighted by atomic mass is 79.9. The Morgan fingerprint density at radius 1 is 1.19 bits per heavy atom. The molecule has 0 aromatic heterocycles. The SMILES string of the molecule is CCOc1cc(/C=C(\C#N)C(=O)OC)c(Br)cc1OCc1ccccc1. The molecule has 0 atom stereocenters. The Balaban J connectivity index is 2.33. The van der Waals surface area contributed by atoms with Crippen LogP contribution in [0.1, 0.15) is 18.1 Å². The minimum atomic E-state index is -0.693. The maximum Gasteiger partial charge on any atom is 0.348 e. The van der Waals surface area contributed by atoms with E-state index in [0.717, 1.165) is 5.56 Å². The topological polar surface area (TPSA) is 68.5 Å². The first-order chi connectivity index (χ1) is 12.6. The number of halogens is 1. The van der Waals surface area contributed by atoms with Crippen LogP contribution in [0.4, 0.5) is 0 Å². The van der Waals surface area contributed by atoms with Crippen LogP contribution in [0.3, 0.4) is 0 Å². The molecule has 0 aliphatic rings. The molecule has 2 rings (SSSR count). The van der Waals surface area contributed by atoms with Crippen molar-refractivity contribution < 1.29 is 19.0 Å². The lowest BCUT2D eigenvalue weighted by Crippen LogP contribution is -2.03. The molecule has 0 aliphatic heterocycles. The van der Waals surface area contributed by atoms with Gasteiger partial charge in [0.15, 0.2) is 11.5 Å². The van der Waals surface area contributed by atoms with Crippen molar-refractivity contribution >= 4 is 28.0 Å². The van der Waals surface area contributed by atoms with Crippen LogP contribution in [0.25, 0.3) is 6.08 Å². The second-order valence-corrected chi connectivity index (χ2v) is 6.04. The molecule has 0 heterocycles. The summed E-state index contributed by atoms with van der Waals surface area (Å²) in [6, 6.07) is 15.1. The molecule has 0 spiro atoms. The number of ether oxygens (including phenoxy) is 3. The molecule has 0 saturated heterocycles. The van der Waals surface area contributed by atoms with Crippen molar-refractivity contribution in [3.63, 3.8) is 0 Å². The first-order valence-corrected chi connectivity index (χ1v) is 8.71. The van der Waals surface area contributed by atoms with Gasteiger partial charge in [-0.2, -0.15) is 5.26 Å². The van der Waals surface area contributed by atoms with Gasteiger partial charge in [0.05, 0.1) is 13.7 Å². The lowest BCUT2D eigenvalue weighted by Gasteiger charge is -2.14. The summed E-state index contributed by atoms with van der Waals surface area (Å²) < 4.78 is 16.8. The van der Waals surface area contributed by atoms with Crippen molar-refractivity contribution in [2.75, 3.05) is 13.7 Å². The minimum absolute atomic E-state index is 0.103. The molecule has 0 bridgehead atoms. The van der Waals surface area contributed by atoms with Crippen LogP contribution >= 0.6 is 15.9 Å². The van der Waals surface area contributed by atoms with Gasteiger partial charge >= 0.3 is 5.97 Å². The summed E-state index contributed by atoms with van der Waals surface area (Å²) in [4.78, 5) is 11.6. The third-order valence-electron chi connectivity index (χ3n) is 3.43. The van der Waals surface area contributed by atoms with Gasteiger partial charge in [-0.05, 0) is 36.3 Å². The van der Waals surface area contributed by atoms with Crippen molar-refractivity contribution in [1.29, 1.82) is 5.26 Å². The second kappa shape index (κ2) is 9.64. The molecule has 0 fully saturated rings. The van der Waals surface area contributed by atoms with Crippen LogP contribution < -0.4 is 9.47 Å². The van der Waals surface area contributed by atoms with Crippen LogP contribution in [0.15, 0.2) is 52.5 Å². The van der Waals surface area contributed by atoms with Gasteiger partial charge < -0.3 is 14.2 Å². The summed E-state index contributed by atoms with van der Waals surface area (Å²) in [7, 11) is 1.23. The van der Waals surface area contributed by atoms with Gasteiger partial charge in [0.1, 0.15) is 18.2 Å². The number of carbonyl (C=O) groups is 1. The van der Waals surface area contributed by atoms with Crippen molar-refractivity contribution in [3.8, 4) is 17.6 Å². The van der Waals surface area contributed by atoms with E-state index in [1.165, 1.54) is 13.2 Å². The zero-order chi connectivity index (χ0) is 18.9. The standard InChI is InChI=1S/C20H18BrNO4/c1-3-25-18-10-15(9-16(12-22)20(23)24-2)17(21)11-19(18)26-13-14-7-5-4-6-8-14/h4-11H,3,13H2,1-2H3/b16-9+. The van der Waals surface area contributed by atoms with E-state index < -0.39 is 5.97 Å². The lowest BCUT2D eigenvalue weighted by molar-refractivity contribution is -0.135. The number of methoxy groups -OCH3 is 1. The van der Waals surface area contributed by atoms with E-state index in [-0.39, 0.29) is 5.57 Å². The zero-order valence-electron chi connectivity index (χ0n) is 14.5. The van der Waals surface area contributed by atoms with E-state index in [2.05, 4.69) is 20.7 Å². The third-order valence-corrected chi connectivity index (χ3v) is 4.11. The fourth-order valence-electron chi connectivity index (χ4n) is 2.18. The maximum atomic E-state index is 11.6. The second-order valence-electron chi connectivity index (χ2n) is 5.19. The van der Waals surface area contributed by atoms with Gasteiger partial charge in [0.25, 0.3) is 0 Å². The molecule has 0 saturated carbocycles. The normalized spacial score (nSPS) is 10.8. The first kappa shape index (κ1) is 19.5. The molecule has 0 amide bonds. The molecule has 6 heteroatoms. The highest BCUT2D eigenvalue weighted by Crippen LogP contribution is 2.35. The van der Waals surface area contributed by atoms with Gasteiger partial charge in [0.2, 0.25) is 0 Å². The highest BCUT2D eigenvalue weighted by molar-refractivity contribution is 9.10. The van der Waals surface area contributed by atoms with Crippen LogP contribution in [0.2, 0.25) is 0 Å². The first-order valence-electron chi connectivity index (χ1n) is 7.92. The smallest absolute Gasteiger partial charge is 0.348 e. The predicted molar refractivity (Wildman–Crippen MR) is 102 cm³/mol. The fraction of sp³-hybridized carbons (Fsp3) is 0.200. The van der Waals surface area contributed by atoms with E-state index in [0.29, 0.717) is 34.7 Å². The number of benzene rings is 2. The van der Waals surface area contributed by atoms with E-state index in [1.54, 1.807) is 12.1 Å². The Hall–Kier alpha value is -2.78. The van der Waals surface area contributed by atoms with Gasteiger partial charge in [-0.1, -0.05) is 46.3 Å². The third kappa shape index (κ3) is 5.11. The van der Waals surface area contributed by atoms with Crippen LogP contribution in [-0.2, 0) is 16.1 Å². The Bertz CT molecular complexity index is 841. The Kier molecular flexibility index (Phi) is 7.24. The zero-order valence-corrected chi connectivity index (χ0v) is 16.1. The van der Waals surface area contributed by atoms with Crippen molar-refractivity contribution in [3.05, 3.63) is 63.6 Å². The number of nitriles is 1. The molecule has 26 heavy (non-hydrogen) atoms. The summed E-state index contributed by atoms with van der Waals surface area (Å²) in [6.07, 6.45) is 1.44. The van der Waals surface area contributed by atoms with Crippen molar-refractivity contribution in [2.24, 2.45) is 0 Å². The Labute approximate surface area is 160 Å². The van der Waals surface area contributed by atoms with E-state index >= 15 is 0 Å². The average Bonchev–Trinajstić information content (AvgIpc) is 2.67. The fourth-order valence-corrected chi connectivity index (χ4v) is 2.62. The summed E-state index contributed by atoms with van der Waals surface area (Å²) in [5.74, 6) is 0.401. The summed E-state index contributed by atoms with van der Waals surface area (Å²) in [5, 5.41) is 9.13. The monoisotopic (exact) mass is 415 g/mol. The molecule has 0 N–H and O–H groups in total. The Morgan fingerprint density at radius 3 is 2.50 bits per heavy atom. The van der Waals surface area contributed by atoms with E-state index in [4.69, 9.17) is 14.7 Å². The lowest BCUT2D eigenvalue weighted by atomic mass is 10.1. The van der Waals surface area contributed by atoms with Crippen LogP contribution in [0.5, 0.6) is 11.5 Å². The molecule has 0 radical (unpaired) electrons. The number of hydrogen-bond acceptors (Lipinski definition) is 5. The van der Waals surface area contributed by atoms with Crippen molar-refractivity contribution in [2.45, 2.75) is 13.5 Å². The average molecular weight is 416 g/mol. The van der Waals surface area contributed by atoms with Crippen molar-refractivity contribution in [1.82, 2.24) is 0 Å². The largest absolute Gasteiger partial charge is 0.490 e. The van der Waals surface area contributed by atoms with Gasteiger partial charge in [-0.15, -0.1) is 0 Å². The van der Waals surface area contributed by atoms with Gasteiger partial charge in [0, 0.05) is 4.47 Å². The number of nitrogens with zero attached hydrogens (tertiary/aromatic N) is 1. The molecule has 5 nitrogen and oxygen atoms in total. The number of esters is 1. The summed E-state index contributed by atoms with van der Waals surface area (Å²) in [6.45, 7) is 2.72. The highest BCUT2D eigenvalue weighted by Gasteiger charge is 2.14. The molecule has 2 aromatic rings. The number of rotatable bonds is 7. The quantitative estimate of drug-likeness (QED) is 0.378. The molecular weight excluding hydrogens is 398 g/mol. The molecule has 0 unspecified atom stereocenters. The van der Waals surface area contributed by atoms with Gasteiger partial charge in [-0.25, -0.2) is 4.79 Å². The maximum absolute atomic E-state index is 11.6. The van der Waals surface area contributed by atoms with Crippen LogP contribution in [0, 0.1) is 11.3 Å². The van der Waals surface area contributed by atoms with Gasteiger partial charge in [-0.3, -0.25) is 0 Å². The molecular formula is C20H18BrNO4. The number of hydrogen-bond donors (Lipinski definition) is 0. The van der Waals surface area contributed by atoms with E-state index in [9.17, 15) is 4.79 Å². The summed E-state index contributed by atoms with van der Waals surface area (Å²) in [5.41, 5.74) is 1.54. The molecule has 0 aliphatic carbocycles. The van der Waals surface area contributed by atoms with Crippen LogP contribution in [-0.4, -0.2) is 19.7 Å².